The fourth-order valence-corrected chi connectivity index (χ4v) is 2.01. The Morgan fingerprint density at radius 2 is 2.22 bits per heavy atom. The summed E-state index contributed by atoms with van der Waals surface area (Å²) in [6, 6.07) is 5.17. The second-order valence-electron chi connectivity index (χ2n) is 4.96. The van der Waals surface area contributed by atoms with E-state index in [0.717, 1.165) is 4.57 Å². The Bertz CT molecular complexity index is 835. The monoisotopic (exact) mass is 313 g/mol. The van der Waals surface area contributed by atoms with Crippen LogP contribution in [0.2, 0.25) is 0 Å². The number of nitrogens with zero attached hydrogens (tertiary/aromatic N) is 5. The Morgan fingerprint density at radius 3 is 2.78 bits per heavy atom. The van der Waals surface area contributed by atoms with Gasteiger partial charge in [0.1, 0.15) is 17.3 Å². The first-order valence-electron chi connectivity index (χ1n) is 6.82. The largest absolute Gasteiger partial charge is 0.493 e. The molecule has 1 unspecified atom stereocenters. The van der Waals surface area contributed by atoms with E-state index in [-0.39, 0.29) is 23.4 Å². The Balaban J connectivity index is 2.61. The van der Waals surface area contributed by atoms with Crippen molar-refractivity contribution in [3.8, 4) is 11.9 Å². The SMILES string of the molecule is Cc1c(C#N)c(O)n(CC(C)O)c(=O)c1N=Nc1cccnc1. The summed E-state index contributed by atoms with van der Waals surface area (Å²) < 4.78 is 0.911. The van der Waals surface area contributed by atoms with E-state index in [9.17, 15) is 20.3 Å². The number of nitriles is 1. The molecule has 0 saturated carbocycles. The molecule has 0 aliphatic rings. The van der Waals surface area contributed by atoms with Crippen molar-refractivity contribution in [1.82, 2.24) is 9.55 Å². The van der Waals surface area contributed by atoms with Crippen molar-refractivity contribution >= 4 is 11.4 Å². The summed E-state index contributed by atoms with van der Waals surface area (Å²) in [4.78, 5) is 16.3. The topological polar surface area (TPSA) is 124 Å². The molecule has 0 spiro atoms. The maximum absolute atomic E-state index is 12.4. The van der Waals surface area contributed by atoms with Crippen LogP contribution in [0.3, 0.4) is 0 Å². The number of aromatic nitrogens is 2. The summed E-state index contributed by atoms with van der Waals surface area (Å²) in [6.45, 7) is 2.81. The normalized spacial score (nSPS) is 12.3. The van der Waals surface area contributed by atoms with Gasteiger partial charge in [0.25, 0.3) is 5.56 Å². The van der Waals surface area contributed by atoms with E-state index in [1.807, 2.05) is 6.07 Å². The maximum Gasteiger partial charge on any atom is 0.281 e. The zero-order valence-corrected chi connectivity index (χ0v) is 12.6. The summed E-state index contributed by atoms with van der Waals surface area (Å²) in [7, 11) is 0. The van der Waals surface area contributed by atoms with E-state index in [2.05, 4.69) is 15.2 Å². The quantitative estimate of drug-likeness (QED) is 0.834. The summed E-state index contributed by atoms with van der Waals surface area (Å²) in [6.07, 6.45) is 2.17. The molecule has 0 amide bonds. The van der Waals surface area contributed by atoms with Gasteiger partial charge in [-0.05, 0) is 26.0 Å². The van der Waals surface area contributed by atoms with Gasteiger partial charge < -0.3 is 10.2 Å². The van der Waals surface area contributed by atoms with Gasteiger partial charge in [-0.15, -0.1) is 10.2 Å². The van der Waals surface area contributed by atoms with Crippen molar-refractivity contribution in [2.45, 2.75) is 26.5 Å². The molecule has 2 aromatic heterocycles. The highest BCUT2D eigenvalue weighted by atomic mass is 16.3. The van der Waals surface area contributed by atoms with E-state index < -0.39 is 17.5 Å². The maximum atomic E-state index is 12.4. The van der Waals surface area contributed by atoms with Crippen LogP contribution in [0.5, 0.6) is 5.88 Å². The van der Waals surface area contributed by atoms with E-state index in [1.165, 1.54) is 20.0 Å². The third kappa shape index (κ3) is 3.41. The Hall–Kier alpha value is -3.05. The van der Waals surface area contributed by atoms with Crippen molar-refractivity contribution < 1.29 is 10.2 Å². The van der Waals surface area contributed by atoms with Gasteiger partial charge in [-0.1, -0.05) is 0 Å². The van der Waals surface area contributed by atoms with Gasteiger partial charge in [-0.3, -0.25) is 14.3 Å². The minimum Gasteiger partial charge on any atom is -0.493 e. The number of azo groups is 1. The van der Waals surface area contributed by atoms with Crippen molar-refractivity contribution in [3.05, 3.63) is 46.0 Å². The number of hydrogen-bond donors (Lipinski definition) is 2. The third-order valence-electron chi connectivity index (χ3n) is 3.13. The highest BCUT2D eigenvalue weighted by Gasteiger charge is 2.19. The molecular formula is C15H15N5O3. The zero-order valence-electron chi connectivity index (χ0n) is 12.6. The molecule has 0 aliphatic carbocycles. The van der Waals surface area contributed by atoms with E-state index >= 15 is 0 Å². The Kier molecular flexibility index (Phi) is 4.83. The molecular weight excluding hydrogens is 298 g/mol. The smallest absolute Gasteiger partial charge is 0.281 e. The number of aromatic hydroxyl groups is 1. The Morgan fingerprint density at radius 1 is 1.48 bits per heavy atom. The zero-order chi connectivity index (χ0) is 17.0. The fraction of sp³-hybridized carbons (Fsp3) is 0.267. The van der Waals surface area contributed by atoms with Gasteiger partial charge in [0, 0.05) is 11.8 Å². The summed E-state index contributed by atoms with van der Waals surface area (Å²) >= 11 is 0. The average molecular weight is 313 g/mol. The lowest BCUT2D eigenvalue weighted by Crippen LogP contribution is -2.26. The van der Waals surface area contributed by atoms with Crippen LogP contribution in [-0.2, 0) is 6.54 Å². The van der Waals surface area contributed by atoms with Gasteiger partial charge >= 0.3 is 0 Å². The van der Waals surface area contributed by atoms with Gasteiger partial charge in [0.15, 0.2) is 5.69 Å². The fourth-order valence-electron chi connectivity index (χ4n) is 2.01. The molecule has 0 bridgehead atoms. The minimum atomic E-state index is -0.879. The van der Waals surface area contributed by atoms with E-state index in [1.54, 1.807) is 18.3 Å². The third-order valence-corrected chi connectivity index (χ3v) is 3.13. The van der Waals surface area contributed by atoms with Crippen molar-refractivity contribution in [3.63, 3.8) is 0 Å². The standard InChI is InChI=1S/C15H15N5O3/c1-9(21)8-20-14(22)12(6-16)10(2)13(15(20)23)19-18-11-4-3-5-17-7-11/h3-5,7,9,21-22H,8H2,1-2H3. The van der Waals surface area contributed by atoms with Crippen LogP contribution in [0.1, 0.15) is 18.1 Å². The van der Waals surface area contributed by atoms with E-state index in [4.69, 9.17) is 0 Å². The lowest BCUT2D eigenvalue weighted by atomic mass is 10.1. The number of aliphatic hydroxyl groups excluding tert-OH is 1. The number of pyridine rings is 2. The summed E-state index contributed by atoms with van der Waals surface area (Å²) in [5.74, 6) is -0.490. The lowest BCUT2D eigenvalue weighted by molar-refractivity contribution is 0.167. The highest BCUT2D eigenvalue weighted by molar-refractivity contribution is 5.56. The molecule has 0 fully saturated rings. The number of aliphatic hydroxyl groups is 1. The molecule has 2 rings (SSSR count). The molecule has 1 atom stereocenters. The first-order chi connectivity index (χ1) is 11.0. The lowest BCUT2D eigenvalue weighted by Gasteiger charge is -2.14. The van der Waals surface area contributed by atoms with Crippen LogP contribution in [0, 0.1) is 18.3 Å². The molecule has 0 saturated heterocycles. The van der Waals surface area contributed by atoms with Gasteiger partial charge in [0.05, 0.1) is 18.8 Å². The summed E-state index contributed by atoms with van der Waals surface area (Å²) in [5.41, 5.74) is -0.105. The van der Waals surface area contributed by atoms with Crippen LogP contribution < -0.4 is 5.56 Å². The molecule has 118 valence electrons. The van der Waals surface area contributed by atoms with E-state index in [0.29, 0.717) is 5.69 Å². The molecule has 2 N–H and O–H groups in total. The molecule has 0 aromatic carbocycles. The second-order valence-corrected chi connectivity index (χ2v) is 4.96. The van der Waals surface area contributed by atoms with Crippen LogP contribution in [0.4, 0.5) is 11.4 Å². The molecule has 0 aliphatic heterocycles. The first-order valence-corrected chi connectivity index (χ1v) is 6.82. The van der Waals surface area contributed by atoms with Crippen LogP contribution in [0.15, 0.2) is 39.5 Å². The van der Waals surface area contributed by atoms with Gasteiger partial charge in [-0.2, -0.15) is 5.26 Å². The molecule has 8 nitrogen and oxygen atoms in total. The number of rotatable bonds is 4. The minimum absolute atomic E-state index is 0.0659. The van der Waals surface area contributed by atoms with Crippen LogP contribution >= 0.6 is 0 Å². The number of hydrogen-bond acceptors (Lipinski definition) is 7. The molecule has 8 heteroatoms. The molecule has 23 heavy (non-hydrogen) atoms. The van der Waals surface area contributed by atoms with Crippen molar-refractivity contribution in [2.75, 3.05) is 0 Å². The highest BCUT2D eigenvalue weighted by Crippen LogP contribution is 2.26. The molecule has 2 heterocycles. The predicted octanol–water partition coefficient (Wildman–Crippen LogP) is 1.93. The van der Waals surface area contributed by atoms with Crippen molar-refractivity contribution in [1.29, 1.82) is 5.26 Å². The van der Waals surface area contributed by atoms with Gasteiger partial charge in [0.2, 0.25) is 5.88 Å². The van der Waals surface area contributed by atoms with Gasteiger partial charge in [-0.25, -0.2) is 0 Å². The molecule has 0 radical (unpaired) electrons. The van der Waals surface area contributed by atoms with Crippen LogP contribution in [-0.4, -0.2) is 25.9 Å². The summed E-state index contributed by atoms with van der Waals surface area (Å²) in [5, 5.41) is 36.5. The molecule has 2 aromatic rings. The Labute approximate surface area is 132 Å². The average Bonchev–Trinajstić information content (AvgIpc) is 2.53. The second kappa shape index (κ2) is 6.81. The first kappa shape index (κ1) is 16.3. The predicted molar refractivity (Wildman–Crippen MR) is 81.9 cm³/mol. The van der Waals surface area contributed by atoms with Crippen LogP contribution in [0.25, 0.3) is 0 Å². The van der Waals surface area contributed by atoms with Crippen molar-refractivity contribution in [2.24, 2.45) is 10.2 Å².